The van der Waals surface area contributed by atoms with E-state index in [1.807, 2.05) is 0 Å². The number of carbonyl (C=O) groups excluding carboxylic acids is 1. The number of allylic oxidation sites excluding steroid dienone is 1. The lowest BCUT2D eigenvalue weighted by Crippen LogP contribution is -2.26. The molecule has 7 heteroatoms. The molecule has 1 aliphatic carbocycles. The molecule has 0 saturated carbocycles. The van der Waals surface area contributed by atoms with Gasteiger partial charge < -0.3 is 10.4 Å². The number of amides is 1. The monoisotopic (exact) mass is 318 g/mol. The summed E-state index contributed by atoms with van der Waals surface area (Å²) in [5.41, 5.74) is 0.513. The second kappa shape index (κ2) is 7.53. The minimum Gasteiger partial charge on any atom is -0.478 e. The Bertz CT molecular complexity index is 666. The molecule has 0 atom stereocenters. The average Bonchev–Trinajstić information content (AvgIpc) is 2.55. The largest absolute Gasteiger partial charge is 0.478 e. The van der Waals surface area contributed by atoms with Crippen molar-refractivity contribution in [3.8, 4) is 0 Å². The van der Waals surface area contributed by atoms with E-state index in [0.717, 1.165) is 37.8 Å². The third-order valence-corrected chi connectivity index (χ3v) is 3.81. The average molecular weight is 318 g/mol. The maximum atomic E-state index is 12.1. The first-order valence-corrected chi connectivity index (χ1v) is 7.47. The van der Waals surface area contributed by atoms with Crippen LogP contribution < -0.4 is 5.32 Å². The maximum Gasteiger partial charge on any atom is 0.336 e. The smallest absolute Gasteiger partial charge is 0.336 e. The Morgan fingerprint density at radius 3 is 2.65 bits per heavy atom. The van der Waals surface area contributed by atoms with Gasteiger partial charge in [-0.25, -0.2) is 4.79 Å². The number of benzene rings is 1. The SMILES string of the molecule is O=C(O)c1cc([N+](=O)[O-])ccc1C(=O)NCCC1=CCCCC1. The predicted octanol–water partition coefficient (Wildman–Crippen LogP) is 2.91. The molecular weight excluding hydrogens is 300 g/mol. The van der Waals surface area contributed by atoms with E-state index in [-0.39, 0.29) is 16.8 Å². The van der Waals surface area contributed by atoms with Crippen molar-refractivity contribution in [2.75, 3.05) is 6.54 Å². The quantitative estimate of drug-likeness (QED) is 0.476. The summed E-state index contributed by atoms with van der Waals surface area (Å²) in [6, 6.07) is 3.21. The molecule has 0 bridgehead atoms. The summed E-state index contributed by atoms with van der Waals surface area (Å²) in [5, 5.41) is 22.5. The van der Waals surface area contributed by atoms with E-state index in [9.17, 15) is 19.7 Å². The molecule has 0 saturated heterocycles. The van der Waals surface area contributed by atoms with E-state index in [0.29, 0.717) is 6.54 Å². The number of nitro benzene ring substituents is 1. The Labute approximate surface area is 133 Å². The summed E-state index contributed by atoms with van der Waals surface area (Å²) in [4.78, 5) is 33.4. The number of nitrogens with one attached hydrogen (secondary N) is 1. The highest BCUT2D eigenvalue weighted by Gasteiger charge is 2.20. The Morgan fingerprint density at radius 2 is 2.04 bits per heavy atom. The Kier molecular flexibility index (Phi) is 5.46. The van der Waals surface area contributed by atoms with E-state index < -0.39 is 16.8 Å². The van der Waals surface area contributed by atoms with Crippen LogP contribution in [0.3, 0.4) is 0 Å². The zero-order valence-corrected chi connectivity index (χ0v) is 12.6. The maximum absolute atomic E-state index is 12.1. The highest BCUT2D eigenvalue weighted by atomic mass is 16.6. The van der Waals surface area contributed by atoms with Crippen molar-refractivity contribution in [2.45, 2.75) is 32.1 Å². The number of non-ortho nitro benzene ring substituents is 1. The van der Waals surface area contributed by atoms with Crippen LogP contribution in [0.2, 0.25) is 0 Å². The third kappa shape index (κ3) is 4.38. The molecule has 2 rings (SSSR count). The van der Waals surface area contributed by atoms with E-state index in [1.165, 1.54) is 18.1 Å². The van der Waals surface area contributed by atoms with Crippen LogP contribution in [0.4, 0.5) is 5.69 Å². The number of hydrogen-bond acceptors (Lipinski definition) is 4. The molecule has 1 aromatic carbocycles. The number of hydrogen-bond donors (Lipinski definition) is 2. The molecule has 1 amide bonds. The minimum absolute atomic E-state index is 0.0688. The minimum atomic E-state index is -1.37. The van der Waals surface area contributed by atoms with E-state index in [4.69, 9.17) is 5.11 Å². The van der Waals surface area contributed by atoms with Gasteiger partial charge in [-0.3, -0.25) is 14.9 Å². The number of carboxylic acid groups (broad SMARTS) is 1. The topological polar surface area (TPSA) is 110 Å². The fraction of sp³-hybridized carbons (Fsp3) is 0.375. The normalized spacial score (nSPS) is 14.0. The molecule has 23 heavy (non-hydrogen) atoms. The van der Waals surface area contributed by atoms with Gasteiger partial charge in [0.25, 0.3) is 11.6 Å². The predicted molar refractivity (Wildman–Crippen MR) is 83.6 cm³/mol. The molecule has 0 spiro atoms. The molecule has 1 aliphatic rings. The molecule has 1 aromatic rings. The number of aromatic carboxylic acids is 1. The first-order valence-electron chi connectivity index (χ1n) is 7.47. The lowest BCUT2D eigenvalue weighted by atomic mass is 9.97. The molecule has 0 radical (unpaired) electrons. The van der Waals surface area contributed by atoms with Crippen molar-refractivity contribution in [3.63, 3.8) is 0 Å². The van der Waals surface area contributed by atoms with Crippen LogP contribution in [0.5, 0.6) is 0 Å². The van der Waals surface area contributed by atoms with Gasteiger partial charge in [0.2, 0.25) is 0 Å². The van der Waals surface area contributed by atoms with Gasteiger partial charge in [-0.2, -0.15) is 0 Å². The van der Waals surface area contributed by atoms with Crippen molar-refractivity contribution < 1.29 is 19.6 Å². The molecule has 7 nitrogen and oxygen atoms in total. The summed E-state index contributed by atoms with van der Waals surface area (Å²) in [7, 11) is 0. The van der Waals surface area contributed by atoms with Crippen LogP contribution in [0.1, 0.15) is 52.8 Å². The molecule has 0 heterocycles. The zero-order chi connectivity index (χ0) is 16.8. The summed E-state index contributed by atoms with van der Waals surface area (Å²) < 4.78 is 0. The first-order chi connectivity index (χ1) is 11.0. The van der Waals surface area contributed by atoms with Crippen molar-refractivity contribution in [3.05, 3.63) is 51.1 Å². The second-order valence-electron chi connectivity index (χ2n) is 5.41. The molecule has 0 aliphatic heterocycles. The standard InChI is InChI=1S/C16H18N2O5/c19-15(17-9-8-11-4-2-1-3-5-11)13-7-6-12(18(22)23)10-14(13)16(20)21/h4,6-7,10H,1-3,5,8-9H2,(H,17,19)(H,20,21). The van der Waals surface area contributed by atoms with Crippen molar-refractivity contribution in [1.29, 1.82) is 0 Å². The number of nitrogens with zero attached hydrogens (tertiary/aromatic N) is 1. The lowest BCUT2D eigenvalue weighted by molar-refractivity contribution is -0.384. The molecule has 2 N–H and O–H groups in total. The van der Waals surface area contributed by atoms with E-state index >= 15 is 0 Å². The fourth-order valence-corrected chi connectivity index (χ4v) is 2.58. The number of nitro groups is 1. The van der Waals surface area contributed by atoms with E-state index in [2.05, 4.69) is 11.4 Å². The number of carbonyl (C=O) groups is 2. The number of carboxylic acids is 1. The lowest BCUT2D eigenvalue weighted by Gasteiger charge is -2.13. The van der Waals surface area contributed by atoms with Gasteiger partial charge in [-0.15, -0.1) is 0 Å². The number of rotatable bonds is 6. The van der Waals surface area contributed by atoms with Crippen LogP contribution in [-0.4, -0.2) is 28.5 Å². The first kappa shape index (κ1) is 16.7. The molecule has 0 aromatic heterocycles. The van der Waals surface area contributed by atoms with Crippen molar-refractivity contribution in [1.82, 2.24) is 5.32 Å². The Balaban J connectivity index is 2.04. The van der Waals surface area contributed by atoms with Crippen molar-refractivity contribution >= 4 is 17.6 Å². The van der Waals surface area contributed by atoms with Gasteiger partial charge >= 0.3 is 5.97 Å². The van der Waals surface area contributed by atoms with Gasteiger partial charge in [-0.05, 0) is 38.2 Å². The Hall–Kier alpha value is -2.70. The van der Waals surface area contributed by atoms with Gasteiger partial charge in [0.1, 0.15) is 0 Å². The second-order valence-corrected chi connectivity index (χ2v) is 5.41. The molecule has 122 valence electrons. The Morgan fingerprint density at radius 1 is 1.26 bits per heavy atom. The molecule has 0 unspecified atom stereocenters. The van der Waals surface area contributed by atoms with Gasteiger partial charge in [0, 0.05) is 18.7 Å². The highest BCUT2D eigenvalue weighted by molar-refractivity contribution is 6.05. The fourth-order valence-electron chi connectivity index (χ4n) is 2.58. The summed E-state index contributed by atoms with van der Waals surface area (Å²) >= 11 is 0. The van der Waals surface area contributed by atoms with E-state index in [1.54, 1.807) is 0 Å². The van der Waals surface area contributed by atoms with Crippen LogP contribution >= 0.6 is 0 Å². The summed E-state index contributed by atoms with van der Waals surface area (Å²) in [6.45, 7) is 0.417. The zero-order valence-electron chi connectivity index (χ0n) is 12.6. The van der Waals surface area contributed by atoms with Crippen LogP contribution in [0.15, 0.2) is 29.8 Å². The summed E-state index contributed by atoms with van der Waals surface area (Å²) in [6.07, 6.45) is 7.37. The van der Waals surface area contributed by atoms with Crippen LogP contribution in [-0.2, 0) is 0 Å². The van der Waals surface area contributed by atoms with Crippen LogP contribution in [0.25, 0.3) is 0 Å². The van der Waals surface area contributed by atoms with Gasteiger partial charge in [0.15, 0.2) is 0 Å². The van der Waals surface area contributed by atoms with Gasteiger partial charge in [-0.1, -0.05) is 11.6 Å². The third-order valence-electron chi connectivity index (χ3n) is 3.81. The highest BCUT2D eigenvalue weighted by Crippen LogP contribution is 2.20. The molecular formula is C16H18N2O5. The summed E-state index contributed by atoms with van der Waals surface area (Å²) in [5.74, 6) is -1.90. The van der Waals surface area contributed by atoms with Gasteiger partial charge in [0.05, 0.1) is 16.1 Å². The molecule has 0 fully saturated rings. The van der Waals surface area contributed by atoms with Crippen LogP contribution in [0, 0.1) is 10.1 Å². The van der Waals surface area contributed by atoms with Crippen molar-refractivity contribution in [2.24, 2.45) is 0 Å².